The fourth-order valence-corrected chi connectivity index (χ4v) is 6.41. The molecular weight excluding hydrogens is 504 g/mol. The molecule has 194 valence electrons. The first-order chi connectivity index (χ1) is 17.2. The molecule has 0 N–H and O–H groups in total. The molecule has 0 spiro atoms. The first kappa shape index (κ1) is 27.7. The number of nitro groups is 1. The highest BCUT2D eigenvalue weighted by molar-refractivity contribution is 7.89. The highest BCUT2D eigenvalue weighted by Gasteiger charge is 2.23. The Morgan fingerprint density at radius 3 is 2.36 bits per heavy atom. The molecule has 1 heterocycles. The van der Waals surface area contributed by atoms with Crippen LogP contribution in [0.5, 0.6) is 0 Å². The summed E-state index contributed by atoms with van der Waals surface area (Å²) in [4.78, 5) is 28.5. The van der Waals surface area contributed by atoms with E-state index in [1.54, 1.807) is 10.6 Å². The van der Waals surface area contributed by atoms with Crippen LogP contribution in [0.25, 0.3) is 10.2 Å². The van der Waals surface area contributed by atoms with Gasteiger partial charge in [-0.3, -0.25) is 14.9 Å². The Labute approximate surface area is 214 Å². The standard InChI is InChI=1S/C24H30N4O6S2/c1-4-13-26(14-5-2)36(32,33)20-10-7-18(8-11-20)23(29)25-24-27(15-16-34-6-3)21-12-9-19(28(30)31)17-22(21)35-24/h7-12,17H,4-6,13-16H2,1-3H3. The second-order valence-electron chi connectivity index (χ2n) is 7.99. The number of rotatable bonds is 12. The predicted octanol–water partition coefficient (Wildman–Crippen LogP) is 4.20. The molecule has 2 aromatic carbocycles. The number of aromatic nitrogens is 1. The molecule has 3 rings (SSSR count). The number of nitro benzene ring substituents is 1. The van der Waals surface area contributed by atoms with Crippen LogP contribution in [0, 0.1) is 10.1 Å². The Morgan fingerprint density at radius 1 is 1.11 bits per heavy atom. The highest BCUT2D eigenvalue weighted by Crippen LogP contribution is 2.23. The van der Waals surface area contributed by atoms with Crippen LogP contribution in [0.15, 0.2) is 52.4 Å². The fourth-order valence-electron chi connectivity index (χ4n) is 3.70. The minimum absolute atomic E-state index is 0.0458. The molecule has 0 saturated carbocycles. The monoisotopic (exact) mass is 534 g/mol. The Bertz CT molecular complexity index is 1390. The minimum Gasteiger partial charge on any atom is -0.380 e. The Hall–Kier alpha value is -2.93. The minimum atomic E-state index is -3.65. The molecule has 12 heteroatoms. The van der Waals surface area contributed by atoms with E-state index in [2.05, 4.69) is 4.99 Å². The maximum Gasteiger partial charge on any atom is 0.279 e. The van der Waals surface area contributed by atoms with Gasteiger partial charge in [-0.05, 0) is 50.1 Å². The van der Waals surface area contributed by atoms with Gasteiger partial charge in [0.1, 0.15) is 0 Å². The van der Waals surface area contributed by atoms with Crippen molar-refractivity contribution in [2.75, 3.05) is 26.3 Å². The van der Waals surface area contributed by atoms with Crippen LogP contribution in [0.2, 0.25) is 0 Å². The van der Waals surface area contributed by atoms with E-state index in [-0.39, 0.29) is 16.1 Å². The summed E-state index contributed by atoms with van der Waals surface area (Å²) in [5.41, 5.74) is 0.909. The predicted molar refractivity (Wildman–Crippen MR) is 139 cm³/mol. The summed E-state index contributed by atoms with van der Waals surface area (Å²) in [6.45, 7) is 7.92. The van der Waals surface area contributed by atoms with E-state index in [1.165, 1.54) is 52.0 Å². The third kappa shape index (κ3) is 6.25. The molecule has 0 fully saturated rings. The fraction of sp³-hybridized carbons (Fsp3) is 0.417. The number of carbonyl (C=O) groups excluding carboxylic acids is 1. The number of non-ortho nitro benzene ring substituents is 1. The number of hydrogen-bond acceptors (Lipinski definition) is 7. The average Bonchev–Trinajstić information content (AvgIpc) is 3.20. The van der Waals surface area contributed by atoms with Crippen LogP contribution < -0.4 is 4.80 Å². The number of hydrogen-bond donors (Lipinski definition) is 0. The molecule has 0 bridgehead atoms. The average molecular weight is 535 g/mol. The molecule has 0 atom stereocenters. The first-order valence-electron chi connectivity index (χ1n) is 11.8. The van der Waals surface area contributed by atoms with Crippen molar-refractivity contribution in [1.29, 1.82) is 0 Å². The number of ether oxygens (including phenoxy) is 1. The maximum absolute atomic E-state index is 13.0. The lowest BCUT2D eigenvalue weighted by molar-refractivity contribution is -0.384. The molecule has 10 nitrogen and oxygen atoms in total. The van der Waals surface area contributed by atoms with E-state index >= 15 is 0 Å². The van der Waals surface area contributed by atoms with E-state index in [4.69, 9.17) is 4.74 Å². The number of benzene rings is 2. The number of amides is 1. The van der Waals surface area contributed by atoms with Crippen LogP contribution in [-0.4, -0.2) is 54.4 Å². The van der Waals surface area contributed by atoms with E-state index in [9.17, 15) is 23.3 Å². The van der Waals surface area contributed by atoms with Gasteiger partial charge in [0.05, 0.1) is 26.6 Å². The SMILES string of the molecule is CCCN(CCC)S(=O)(=O)c1ccc(C(=O)N=c2sc3cc([N+](=O)[O-])ccc3n2CCOCC)cc1. The number of carbonyl (C=O) groups is 1. The van der Waals surface area contributed by atoms with Gasteiger partial charge in [-0.2, -0.15) is 9.30 Å². The van der Waals surface area contributed by atoms with Crippen molar-refractivity contribution in [2.45, 2.75) is 45.1 Å². The van der Waals surface area contributed by atoms with Crippen molar-refractivity contribution in [2.24, 2.45) is 4.99 Å². The van der Waals surface area contributed by atoms with Crippen LogP contribution >= 0.6 is 11.3 Å². The van der Waals surface area contributed by atoms with Gasteiger partial charge in [-0.15, -0.1) is 0 Å². The maximum atomic E-state index is 13.0. The molecule has 0 saturated heterocycles. The lowest BCUT2D eigenvalue weighted by atomic mass is 10.2. The number of nitrogens with zero attached hydrogens (tertiary/aromatic N) is 4. The zero-order valence-electron chi connectivity index (χ0n) is 20.5. The van der Waals surface area contributed by atoms with Gasteiger partial charge in [-0.25, -0.2) is 8.42 Å². The molecular formula is C24H30N4O6S2. The normalized spacial score (nSPS) is 12.5. The van der Waals surface area contributed by atoms with Crippen LogP contribution in [0.1, 0.15) is 44.0 Å². The summed E-state index contributed by atoms with van der Waals surface area (Å²) in [5, 5.41) is 11.2. The highest BCUT2D eigenvalue weighted by atomic mass is 32.2. The smallest absolute Gasteiger partial charge is 0.279 e. The van der Waals surface area contributed by atoms with Crippen molar-refractivity contribution >= 4 is 43.2 Å². The quantitative estimate of drug-likeness (QED) is 0.195. The second-order valence-corrected chi connectivity index (χ2v) is 10.9. The molecule has 36 heavy (non-hydrogen) atoms. The molecule has 3 aromatic rings. The van der Waals surface area contributed by atoms with E-state index in [0.29, 0.717) is 60.7 Å². The molecule has 1 amide bonds. The lowest BCUT2D eigenvalue weighted by Gasteiger charge is -2.21. The third-order valence-electron chi connectivity index (χ3n) is 5.42. The van der Waals surface area contributed by atoms with Gasteiger partial charge in [0, 0.05) is 43.9 Å². The summed E-state index contributed by atoms with van der Waals surface area (Å²) in [6, 6.07) is 10.3. The van der Waals surface area contributed by atoms with E-state index in [1.807, 2.05) is 20.8 Å². The summed E-state index contributed by atoms with van der Waals surface area (Å²) in [7, 11) is -3.65. The number of thiazole rings is 1. The zero-order valence-corrected chi connectivity index (χ0v) is 22.2. The lowest BCUT2D eigenvalue weighted by Crippen LogP contribution is -2.32. The van der Waals surface area contributed by atoms with Crippen LogP contribution in [-0.2, 0) is 21.3 Å². The third-order valence-corrected chi connectivity index (χ3v) is 8.38. The Kier molecular flexibility index (Phi) is 9.49. The van der Waals surface area contributed by atoms with Crippen LogP contribution in [0.4, 0.5) is 5.69 Å². The molecule has 0 aliphatic carbocycles. The largest absolute Gasteiger partial charge is 0.380 e. The summed E-state index contributed by atoms with van der Waals surface area (Å²) >= 11 is 1.17. The molecule has 0 unspecified atom stereocenters. The zero-order chi connectivity index (χ0) is 26.3. The second kappa shape index (κ2) is 12.3. The van der Waals surface area contributed by atoms with Crippen molar-refractivity contribution in [3.63, 3.8) is 0 Å². The van der Waals surface area contributed by atoms with Crippen molar-refractivity contribution in [3.8, 4) is 0 Å². The topological polar surface area (TPSA) is 124 Å². The molecule has 0 aliphatic heterocycles. The number of sulfonamides is 1. The molecule has 0 radical (unpaired) electrons. The summed E-state index contributed by atoms with van der Waals surface area (Å²) in [5.74, 6) is -0.538. The molecule has 0 aliphatic rings. The van der Waals surface area contributed by atoms with Gasteiger partial charge in [0.15, 0.2) is 4.80 Å². The first-order valence-corrected chi connectivity index (χ1v) is 14.0. The van der Waals surface area contributed by atoms with Gasteiger partial charge in [0.25, 0.3) is 11.6 Å². The van der Waals surface area contributed by atoms with E-state index in [0.717, 1.165) is 0 Å². The van der Waals surface area contributed by atoms with E-state index < -0.39 is 20.9 Å². The van der Waals surface area contributed by atoms with Crippen molar-refractivity contribution in [1.82, 2.24) is 8.87 Å². The van der Waals surface area contributed by atoms with Crippen molar-refractivity contribution in [3.05, 3.63) is 62.9 Å². The van der Waals surface area contributed by atoms with Gasteiger partial charge >= 0.3 is 0 Å². The number of fused-ring (bicyclic) bond motifs is 1. The van der Waals surface area contributed by atoms with Crippen molar-refractivity contribution < 1.29 is 22.9 Å². The van der Waals surface area contributed by atoms with Gasteiger partial charge < -0.3 is 9.30 Å². The summed E-state index contributed by atoms with van der Waals surface area (Å²) < 4.78 is 35.3. The van der Waals surface area contributed by atoms with Gasteiger partial charge in [-0.1, -0.05) is 25.2 Å². The molecule has 1 aromatic heterocycles. The summed E-state index contributed by atoms with van der Waals surface area (Å²) in [6.07, 6.45) is 1.41. The van der Waals surface area contributed by atoms with Crippen LogP contribution in [0.3, 0.4) is 0 Å². The van der Waals surface area contributed by atoms with Gasteiger partial charge in [0.2, 0.25) is 10.0 Å². The Balaban J connectivity index is 1.97. The Morgan fingerprint density at radius 2 is 1.78 bits per heavy atom.